The molecule has 0 saturated heterocycles. The van der Waals surface area contributed by atoms with Crippen LogP contribution in [0.2, 0.25) is 0 Å². The zero-order valence-electron chi connectivity index (χ0n) is 16.6. The highest BCUT2D eigenvalue weighted by Gasteiger charge is 2.17. The lowest BCUT2D eigenvalue weighted by Gasteiger charge is -2.10. The molecule has 1 aromatic heterocycles. The van der Waals surface area contributed by atoms with E-state index in [1.165, 1.54) is 36.5 Å². The SMILES string of the molecule is O=C(O)/C(=C/c1ccccn1)NC(=O)c1ccc(C(=O)NCc2cccc(O)c2)cc1Br. The standard InChI is InChI=1S/C23H18BrN3O5/c24-19-11-15(21(29)26-13-14-4-3-6-17(28)10-14)7-8-18(19)22(30)27-20(23(31)32)12-16-5-1-2-9-25-16/h1-12,28H,13H2,(H,26,29)(H,27,30)(H,31,32)/b20-12-. The molecule has 4 N–H and O–H groups in total. The lowest BCUT2D eigenvalue weighted by molar-refractivity contribution is -0.132. The molecular weight excluding hydrogens is 478 g/mol. The maximum absolute atomic E-state index is 12.6. The maximum Gasteiger partial charge on any atom is 0.352 e. The number of nitrogens with zero attached hydrogens (tertiary/aromatic N) is 1. The van der Waals surface area contributed by atoms with Crippen LogP contribution in [0.15, 0.2) is 77.0 Å². The number of amides is 2. The smallest absolute Gasteiger partial charge is 0.352 e. The Hall–Kier alpha value is -3.98. The fraction of sp³-hybridized carbons (Fsp3) is 0.0435. The minimum absolute atomic E-state index is 0.104. The van der Waals surface area contributed by atoms with E-state index in [0.717, 1.165) is 5.56 Å². The Kier molecular flexibility index (Phi) is 7.35. The molecule has 0 aliphatic heterocycles. The van der Waals surface area contributed by atoms with Gasteiger partial charge in [0.25, 0.3) is 11.8 Å². The van der Waals surface area contributed by atoms with Gasteiger partial charge >= 0.3 is 5.97 Å². The van der Waals surface area contributed by atoms with Crippen LogP contribution in [0.5, 0.6) is 5.75 Å². The van der Waals surface area contributed by atoms with Crippen molar-refractivity contribution in [2.45, 2.75) is 6.54 Å². The molecule has 0 spiro atoms. The van der Waals surface area contributed by atoms with E-state index in [1.54, 1.807) is 36.4 Å². The van der Waals surface area contributed by atoms with Gasteiger partial charge in [-0.25, -0.2) is 4.79 Å². The van der Waals surface area contributed by atoms with Gasteiger partial charge in [-0.3, -0.25) is 14.6 Å². The van der Waals surface area contributed by atoms with Crippen LogP contribution < -0.4 is 10.6 Å². The molecule has 162 valence electrons. The summed E-state index contributed by atoms with van der Waals surface area (Å²) in [6.45, 7) is 0.216. The number of carbonyl (C=O) groups excluding carboxylic acids is 2. The summed E-state index contributed by atoms with van der Waals surface area (Å²) in [6, 6.07) is 15.9. The lowest BCUT2D eigenvalue weighted by atomic mass is 10.1. The molecule has 0 aliphatic rings. The summed E-state index contributed by atoms with van der Waals surface area (Å²) in [7, 11) is 0. The Bertz CT molecular complexity index is 1200. The number of carboxylic acid groups (broad SMARTS) is 1. The van der Waals surface area contributed by atoms with Gasteiger partial charge in [-0.2, -0.15) is 0 Å². The molecule has 2 aromatic carbocycles. The number of aromatic hydroxyl groups is 1. The third kappa shape index (κ3) is 6.02. The Morgan fingerprint density at radius 1 is 1.00 bits per heavy atom. The lowest BCUT2D eigenvalue weighted by Crippen LogP contribution is -2.28. The number of hydrogen-bond donors (Lipinski definition) is 4. The van der Waals surface area contributed by atoms with Crippen molar-refractivity contribution in [2.24, 2.45) is 0 Å². The molecule has 3 rings (SSSR count). The van der Waals surface area contributed by atoms with Gasteiger partial charge < -0.3 is 20.8 Å². The van der Waals surface area contributed by atoms with E-state index in [4.69, 9.17) is 0 Å². The molecule has 0 bridgehead atoms. The van der Waals surface area contributed by atoms with Crippen molar-refractivity contribution in [1.29, 1.82) is 0 Å². The van der Waals surface area contributed by atoms with Gasteiger partial charge in [-0.05, 0) is 70.0 Å². The summed E-state index contributed by atoms with van der Waals surface area (Å²) in [5, 5.41) is 24.0. The average molecular weight is 496 g/mol. The van der Waals surface area contributed by atoms with Gasteiger partial charge in [0.2, 0.25) is 0 Å². The molecule has 3 aromatic rings. The Labute approximate surface area is 191 Å². The fourth-order valence-electron chi connectivity index (χ4n) is 2.74. The van der Waals surface area contributed by atoms with Crippen molar-refractivity contribution < 1.29 is 24.6 Å². The zero-order valence-corrected chi connectivity index (χ0v) is 18.2. The number of phenols is 1. The van der Waals surface area contributed by atoms with Crippen LogP contribution in [0.25, 0.3) is 6.08 Å². The summed E-state index contributed by atoms with van der Waals surface area (Å²) >= 11 is 3.26. The zero-order chi connectivity index (χ0) is 23.1. The predicted octanol–water partition coefficient (Wildman–Crippen LogP) is 3.34. The van der Waals surface area contributed by atoms with Crippen LogP contribution in [-0.4, -0.2) is 33.0 Å². The van der Waals surface area contributed by atoms with Gasteiger partial charge in [0.05, 0.1) is 11.3 Å². The van der Waals surface area contributed by atoms with Crippen LogP contribution in [0, 0.1) is 0 Å². The Morgan fingerprint density at radius 2 is 1.81 bits per heavy atom. The minimum atomic E-state index is -1.32. The molecule has 0 fully saturated rings. The Balaban J connectivity index is 1.70. The van der Waals surface area contributed by atoms with Crippen molar-refractivity contribution >= 4 is 39.8 Å². The highest BCUT2D eigenvalue weighted by atomic mass is 79.9. The first-order valence-corrected chi connectivity index (χ1v) is 10.2. The highest BCUT2D eigenvalue weighted by Crippen LogP contribution is 2.20. The molecule has 2 amide bonds. The quantitative estimate of drug-likeness (QED) is 0.372. The molecule has 0 saturated carbocycles. The second kappa shape index (κ2) is 10.4. The molecule has 9 heteroatoms. The topological polar surface area (TPSA) is 129 Å². The van der Waals surface area contributed by atoms with Crippen molar-refractivity contribution in [1.82, 2.24) is 15.6 Å². The minimum Gasteiger partial charge on any atom is -0.508 e. The number of pyridine rings is 1. The second-order valence-electron chi connectivity index (χ2n) is 6.62. The van der Waals surface area contributed by atoms with Crippen molar-refractivity contribution in [3.8, 4) is 5.75 Å². The number of nitrogens with one attached hydrogen (secondary N) is 2. The molecule has 0 unspecified atom stereocenters. The number of rotatable bonds is 7. The number of halogens is 1. The predicted molar refractivity (Wildman–Crippen MR) is 121 cm³/mol. The first-order valence-electron chi connectivity index (χ1n) is 9.36. The first kappa shape index (κ1) is 22.7. The molecular formula is C23H18BrN3O5. The first-order chi connectivity index (χ1) is 15.3. The van der Waals surface area contributed by atoms with Gasteiger partial charge in [-0.1, -0.05) is 18.2 Å². The van der Waals surface area contributed by atoms with E-state index in [0.29, 0.717) is 15.7 Å². The van der Waals surface area contributed by atoms with E-state index < -0.39 is 11.9 Å². The van der Waals surface area contributed by atoms with Crippen LogP contribution in [0.3, 0.4) is 0 Å². The summed E-state index contributed by atoms with van der Waals surface area (Å²) < 4.78 is 0.322. The number of hydrogen-bond acceptors (Lipinski definition) is 5. The molecule has 0 radical (unpaired) electrons. The van der Waals surface area contributed by atoms with Crippen molar-refractivity contribution in [3.05, 3.63) is 99.4 Å². The van der Waals surface area contributed by atoms with Crippen LogP contribution >= 0.6 is 15.9 Å². The molecule has 8 nitrogen and oxygen atoms in total. The third-order valence-electron chi connectivity index (χ3n) is 4.30. The third-order valence-corrected chi connectivity index (χ3v) is 4.95. The maximum atomic E-state index is 12.6. The van der Waals surface area contributed by atoms with Crippen LogP contribution in [-0.2, 0) is 11.3 Å². The number of aromatic nitrogens is 1. The van der Waals surface area contributed by atoms with E-state index in [1.807, 2.05) is 0 Å². The largest absolute Gasteiger partial charge is 0.508 e. The average Bonchev–Trinajstić information content (AvgIpc) is 2.77. The van der Waals surface area contributed by atoms with E-state index in [2.05, 4.69) is 31.5 Å². The van der Waals surface area contributed by atoms with E-state index >= 15 is 0 Å². The van der Waals surface area contributed by atoms with Gasteiger partial charge in [0.15, 0.2) is 0 Å². The summed E-state index contributed by atoms with van der Waals surface area (Å²) in [5.74, 6) is -2.24. The van der Waals surface area contributed by atoms with Crippen molar-refractivity contribution in [2.75, 3.05) is 0 Å². The normalized spacial score (nSPS) is 11.0. The highest BCUT2D eigenvalue weighted by molar-refractivity contribution is 9.10. The number of aliphatic carboxylic acids is 1. The van der Waals surface area contributed by atoms with Gasteiger partial charge in [0.1, 0.15) is 11.4 Å². The number of phenolic OH excluding ortho intramolecular Hbond substituents is 1. The molecule has 0 aliphatic carbocycles. The number of carbonyl (C=O) groups is 3. The molecule has 1 heterocycles. The number of benzene rings is 2. The van der Waals surface area contributed by atoms with Crippen LogP contribution in [0.4, 0.5) is 0 Å². The van der Waals surface area contributed by atoms with Crippen molar-refractivity contribution in [3.63, 3.8) is 0 Å². The Morgan fingerprint density at radius 3 is 2.47 bits per heavy atom. The van der Waals surface area contributed by atoms with E-state index in [9.17, 15) is 24.6 Å². The fourth-order valence-corrected chi connectivity index (χ4v) is 3.30. The molecule has 32 heavy (non-hydrogen) atoms. The summed E-state index contributed by atoms with van der Waals surface area (Å²) in [6.07, 6.45) is 2.76. The van der Waals surface area contributed by atoms with Crippen LogP contribution in [0.1, 0.15) is 32.0 Å². The second-order valence-corrected chi connectivity index (χ2v) is 7.47. The van der Waals surface area contributed by atoms with Gasteiger partial charge in [0, 0.05) is 22.8 Å². The molecule has 0 atom stereocenters. The van der Waals surface area contributed by atoms with E-state index in [-0.39, 0.29) is 29.5 Å². The number of carboxylic acids is 1. The van der Waals surface area contributed by atoms with Gasteiger partial charge in [-0.15, -0.1) is 0 Å². The monoisotopic (exact) mass is 495 g/mol. The summed E-state index contributed by atoms with van der Waals surface area (Å²) in [4.78, 5) is 40.6. The summed E-state index contributed by atoms with van der Waals surface area (Å²) in [5.41, 5.74) is 1.23.